The zero-order valence-corrected chi connectivity index (χ0v) is 15.3. The minimum Gasteiger partial charge on any atom is -0.360 e. The maximum atomic E-state index is 4.64. The Hall–Kier alpha value is -3.33. The summed E-state index contributed by atoms with van der Waals surface area (Å²) in [5, 5.41) is 0. The van der Waals surface area contributed by atoms with Gasteiger partial charge in [-0.05, 0) is 23.3 Å². The second-order valence-electron chi connectivity index (χ2n) is 6.63. The molecule has 3 heteroatoms. The van der Waals surface area contributed by atoms with Crippen molar-refractivity contribution in [2.75, 3.05) is 4.90 Å². The van der Waals surface area contributed by atoms with Gasteiger partial charge in [0.2, 0.25) is 0 Å². The van der Waals surface area contributed by atoms with Gasteiger partial charge in [-0.15, -0.1) is 0 Å². The van der Waals surface area contributed by atoms with Crippen LogP contribution in [0.25, 0.3) is 0 Å². The SMILES string of the molecule is c1ccc(CN(Cc2nccn2Cc2ccccc2)c2ccccc2)cc1. The zero-order valence-electron chi connectivity index (χ0n) is 15.3. The van der Waals surface area contributed by atoms with Crippen LogP contribution in [0.3, 0.4) is 0 Å². The maximum Gasteiger partial charge on any atom is 0.128 e. The van der Waals surface area contributed by atoms with E-state index >= 15 is 0 Å². The first-order chi connectivity index (χ1) is 13.4. The fourth-order valence-electron chi connectivity index (χ4n) is 3.27. The Kier molecular flexibility index (Phi) is 5.30. The number of hydrogen-bond donors (Lipinski definition) is 0. The number of para-hydroxylation sites is 1. The molecular weight excluding hydrogens is 330 g/mol. The van der Waals surface area contributed by atoms with Crippen molar-refractivity contribution in [1.82, 2.24) is 9.55 Å². The van der Waals surface area contributed by atoms with Crippen LogP contribution in [0.2, 0.25) is 0 Å². The lowest BCUT2D eigenvalue weighted by atomic mass is 10.2. The van der Waals surface area contributed by atoms with E-state index in [9.17, 15) is 0 Å². The highest BCUT2D eigenvalue weighted by Gasteiger charge is 2.12. The van der Waals surface area contributed by atoms with Gasteiger partial charge < -0.3 is 9.47 Å². The molecule has 0 spiro atoms. The fourth-order valence-corrected chi connectivity index (χ4v) is 3.27. The molecule has 3 nitrogen and oxygen atoms in total. The van der Waals surface area contributed by atoms with Crippen LogP contribution in [0.4, 0.5) is 5.69 Å². The smallest absolute Gasteiger partial charge is 0.128 e. The molecule has 0 aliphatic heterocycles. The highest BCUT2D eigenvalue weighted by Crippen LogP contribution is 2.20. The molecule has 0 N–H and O–H groups in total. The van der Waals surface area contributed by atoms with Gasteiger partial charge in [0.25, 0.3) is 0 Å². The van der Waals surface area contributed by atoms with E-state index in [-0.39, 0.29) is 0 Å². The van der Waals surface area contributed by atoms with E-state index in [0.29, 0.717) is 0 Å². The molecule has 1 heterocycles. The van der Waals surface area contributed by atoms with Crippen LogP contribution in [-0.2, 0) is 19.6 Å². The normalized spacial score (nSPS) is 10.7. The van der Waals surface area contributed by atoms with Gasteiger partial charge in [0.15, 0.2) is 0 Å². The number of hydrogen-bond acceptors (Lipinski definition) is 2. The first-order valence-electron chi connectivity index (χ1n) is 9.26. The molecule has 0 atom stereocenters. The van der Waals surface area contributed by atoms with Gasteiger partial charge in [-0.2, -0.15) is 0 Å². The molecule has 4 aromatic rings. The van der Waals surface area contributed by atoms with Gasteiger partial charge in [0.1, 0.15) is 5.82 Å². The van der Waals surface area contributed by atoms with E-state index < -0.39 is 0 Å². The second kappa shape index (κ2) is 8.37. The summed E-state index contributed by atoms with van der Waals surface area (Å²) in [5.74, 6) is 1.07. The van der Waals surface area contributed by atoms with E-state index in [1.165, 1.54) is 16.8 Å². The number of rotatable bonds is 7. The third-order valence-electron chi connectivity index (χ3n) is 4.67. The summed E-state index contributed by atoms with van der Waals surface area (Å²) in [5.41, 5.74) is 3.78. The molecule has 0 amide bonds. The molecule has 0 bridgehead atoms. The van der Waals surface area contributed by atoms with Crippen molar-refractivity contribution in [3.63, 3.8) is 0 Å². The van der Waals surface area contributed by atoms with Gasteiger partial charge >= 0.3 is 0 Å². The second-order valence-corrected chi connectivity index (χ2v) is 6.63. The Bertz CT molecular complexity index is 947. The minimum absolute atomic E-state index is 0.763. The van der Waals surface area contributed by atoms with Crippen LogP contribution in [0.1, 0.15) is 17.0 Å². The topological polar surface area (TPSA) is 21.1 Å². The Labute approximate surface area is 160 Å². The number of nitrogens with zero attached hydrogens (tertiary/aromatic N) is 3. The first-order valence-corrected chi connectivity index (χ1v) is 9.26. The molecule has 134 valence electrons. The summed E-state index contributed by atoms with van der Waals surface area (Å²) in [6, 6.07) is 31.7. The lowest BCUT2D eigenvalue weighted by Gasteiger charge is -2.25. The highest BCUT2D eigenvalue weighted by molar-refractivity contribution is 5.46. The molecule has 0 saturated carbocycles. The Morgan fingerprint density at radius 1 is 0.667 bits per heavy atom. The van der Waals surface area contributed by atoms with Gasteiger partial charge in [0, 0.05) is 31.2 Å². The third kappa shape index (κ3) is 4.45. The summed E-state index contributed by atoms with van der Waals surface area (Å²) < 4.78 is 2.23. The van der Waals surface area contributed by atoms with Crippen LogP contribution >= 0.6 is 0 Å². The quantitative estimate of drug-likeness (QED) is 0.459. The number of imidazole rings is 1. The fraction of sp³-hybridized carbons (Fsp3) is 0.125. The summed E-state index contributed by atoms with van der Waals surface area (Å²) in [6.45, 7) is 2.45. The van der Waals surface area contributed by atoms with E-state index in [2.05, 4.69) is 112 Å². The van der Waals surface area contributed by atoms with Gasteiger partial charge in [0.05, 0.1) is 6.54 Å². The highest BCUT2D eigenvalue weighted by atomic mass is 15.2. The molecule has 0 saturated heterocycles. The number of aromatic nitrogens is 2. The molecular formula is C24H23N3. The van der Waals surface area contributed by atoms with Crippen molar-refractivity contribution >= 4 is 5.69 Å². The number of anilines is 1. The van der Waals surface area contributed by atoms with E-state index in [0.717, 1.165) is 25.5 Å². The molecule has 4 rings (SSSR count). The molecule has 0 fully saturated rings. The van der Waals surface area contributed by atoms with Crippen molar-refractivity contribution in [3.05, 3.63) is 120 Å². The maximum absolute atomic E-state index is 4.64. The van der Waals surface area contributed by atoms with Gasteiger partial charge in [-0.1, -0.05) is 78.9 Å². The van der Waals surface area contributed by atoms with Crippen LogP contribution in [0.15, 0.2) is 103 Å². The van der Waals surface area contributed by atoms with Crippen LogP contribution in [0.5, 0.6) is 0 Å². The van der Waals surface area contributed by atoms with Crippen molar-refractivity contribution in [2.45, 2.75) is 19.6 Å². The average molecular weight is 353 g/mol. The Morgan fingerprint density at radius 3 is 1.93 bits per heavy atom. The summed E-state index contributed by atoms with van der Waals surface area (Å²) in [4.78, 5) is 7.01. The lowest BCUT2D eigenvalue weighted by molar-refractivity contribution is 0.680. The summed E-state index contributed by atoms with van der Waals surface area (Å²) in [6.07, 6.45) is 3.96. The van der Waals surface area contributed by atoms with Crippen molar-refractivity contribution in [3.8, 4) is 0 Å². The third-order valence-corrected chi connectivity index (χ3v) is 4.67. The Balaban J connectivity index is 1.58. The predicted molar refractivity (Wildman–Crippen MR) is 111 cm³/mol. The van der Waals surface area contributed by atoms with E-state index in [4.69, 9.17) is 0 Å². The standard InChI is InChI=1S/C24H23N3/c1-4-10-21(11-5-1)18-26-17-16-25-24(26)20-27(23-14-8-3-9-15-23)19-22-12-6-2-7-13-22/h1-17H,18-20H2. The minimum atomic E-state index is 0.763. The first kappa shape index (κ1) is 17.1. The molecule has 1 aromatic heterocycles. The molecule has 0 radical (unpaired) electrons. The van der Waals surface area contributed by atoms with Crippen molar-refractivity contribution in [2.24, 2.45) is 0 Å². The molecule has 0 aliphatic rings. The van der Waals surface area contributed by atoms with Gasteiger partial charge in [-0.3, -0.25) is 0 Å². The largest absolute Gasteiger partial charge is 0.360 e. The van der Waals surface area contributed by atoms with Crippen molar-refractivity contribution in [1.29, 1.82) is 0 Å². The number of benzene rings is 3. The molecule has 27 heavy (non-hydrogen) atoms. The van der Waals surface area contributed by atoms with E-state index in [1.54, 1.807) is 0 Å². The van der Waals surface area contributed by atoms with Crippen molar-refractivity contribution < 1.29 is 0 Å². The van der Waals surface area contributed by atoms with Crippen LogP contribution in [-0.4, -0.2) is 9.55 Å². The van der Waals surface area contributed by atoms with Gasteiger partial charge in [-0.25, -0.2) is 4.98 Å². The lowest BCUT2D eigenvalue weighted by Crippen LogP contribution is -2.24. The molecule has 0 unspecified atom stereocenters. The summed E-state index contributed by atoms with van der Waals surface area (Å²) >= 11 is 0. The summed E-state index contributed by atoms with van der Waals surface area (Å²) in [7, 11) is 0. The average Bonchev–Trinajstić information content (AvgIpc) is 3.16. The van der Waals surface area contributed by atoms with E-state index in [1.807, 2.05) is 6.20 Å². The van der Waals surface area contributed by atoms with Crippen LogP contribution < -0.4 is 4.90 Å². The molecule has 0 aliphatic carbocycles. The monoisotopic (exact) mass is 353 g/mol. The predicted octanol–water partition coefficient (Wildman–Crippen LogP) is 5.14. The Morgan fingerprint density at radius 2 is 1.26 bits per heavy atom. The zero-order chi connectivity index (χ0) is 18.3. The molecule has 3 aromatic carbocycles. The van der Waals surface area contributed by atoms with Crippen LogP contribution in [0, 0.1) is 0 Å².